The number of pyridine rings is 1. The standard InChI is InChI=1S/C19H16ClN3O2S/c20-19-16(9-4-10-21-19)23-18(25)12-26-11-17(24)22-15-8-3-6-13-5-1-2-7-14(13)15/h1-10H,11-12H2,(H,22,24)(H,23,25). The van der Waals surface area contributed by atoms with Crippen molar-refractivity contribution in [3.8, 4) is 0 Å². The summed E-state index contributed by atoms with van der Waals surface area (Å²) >= 11 is 7.13. The molecule has 0 unspecified atom stereocenters. The van der Waals surface area contributed by atoms with Gasteiger partial charge in [0, 0.05) is 17.3 Å². The SMILES string of the molecule is O=C(CSCC(=O)Nc1cccc2ccccc12)Nc1cccnc1Cl. The summed E-state index contributed by atoms with van der Waals surface area (Å²) in [6.45, 7) is 0. The molecule has 1 aromatic heterocycles. The number of carbonyl (C=O) groups is 2. The number of thioether (sulfide) groups is 1. The molecule has 0 aliphatic carbocycles. The van der Waals surface area contributed by atoms with Gasteiger partial charge in [-0.15, -0.1) is 11.8 Å². The van der Waals surface area contributed by atoms with Crippen LogP contribution in [-0.4, -0.2) is 28.3 Å². The third-order valence-corrected chi connectivity index (χ3v) is 4.80. The lowest BCUT2D eigenvalue weighted by atomic mass is 10.1. The smallest absolute Gasteiger partial charge is 0.234 e. The molecule has 3 rings (SSSR count). The quantitative estimate of drug-likeness (QED) is 0.624. The Hall–Kier alpha value is -2.57. The molecule has 0 atom stereocenters. The van der Waals surface area contributed by atoms with Crippen molar-refractivity contribution >= 4 is 57.3 Å². The molecule has 2 aromatic carbocycles. The molecule has 0 saturated heterocycles. The fourth-order valence-corrected chi connectivity index (χ4v) is 3.21. The summed E-state index contributed by atoms with van der Waals surface area (Å²) in [5, 5.41) is 7.85. The van der Waals surface area contributed by atoms with Gasteiger partial charge in [0.05, 0.1) is 17.2 Å². The van der Waals surface area contributed by atoms with E-state index in [1.54, 1.807) is 18.3 Å². The Morgan fingerprint density at radius 3 is 2.31 bits per heavy atom. The van der Waals surface area contributed by atoms with Crippen LogP contribution in [0.4, 0.5) is 11.4 Å². The summed E-state index contributed by atoms with van der Waals surface area (Å²) in [4.78, 5) is 28.0. The van der Waals surface area contributed by atoms with Crippen molar-refractivity contribution in [3.63, 3.8) is 0 Å². The van der Waals surface area contributed by atoms with E-state index in [9.17, 15) is 9.59 Å². The third kappa shape index (κ3) is 4.74. The highest BCUT2D eigenvalue weighted by molar-refractivity contribution is 8.00. The van der Waals surface area contributed by atoms with Crippen molar-refractivity contribution in [2.24, 2.45) is 0 Å². The van der Waals surface area contributed by atoms with Crippen LogP contribution >= 0.6 is 23.4 Å². The summed E-state index contributed by atoms with van der Waals surface area (Å²) in [5.41, 5.74) is 1.22. The van der Waals surface area contributed by atoms with Gasteiger partial charge in [-0.25, -0.2) is 4.98 Å². The largest absolute Gasteiger partial charge is 0.325 e. The average Bonchev–Trinajstić information content (AvgIpc) is 2.64. The Balaban J connectivity index is 1.50. The normalized spacial score (nSPS) is 10.5. The van der Waals surface area contributed by atoms with Crippen LogP contribution in [0.2, 0.25) is 5.15 Å². The van der Waals surface area contributed by atoms with Gasteiger partial charge in [0.2, 0.25) is 11.8 Å². The number of fused-ring (bicyclic) bond motifs is 1. The number of halogens is 1. The zero-order chi connectivity index (χ0) is 18.4. The van der Waals surface area contributed by atoms with Crippen LogP contribution in [0, 0.1) is 0 Å². The maximum absolute atomic E-state index is 12.2. The maximum atomic E-state index is 12.2. The number of rotatable bonds is 6. The van der Waals surface area contributed by atoms with E-state index in [0.29, 0.717) is 5.69 Å². The second kappa shape index (κ2) is 8.69. The number of anilines is 2. The molecule has 3 aromatic rings. The fourth-order valence-electron chi connectivity index (χ4n) is 2.42. The van der Waals surface area contributed by atoms with E-state index in [1.807, 2.05) is 42.5 Å². The fraction of sp³-hybridized carbons (Fsp3) is 0.105. The number of nitrogens with zero attached hydrogens (tertiary/aromatic N) is 1. The van der Waals surface area contributed by atoms with E-state index in [2.05, 4.69) is 15.6 Å². The van der Waals surface area contributed by atoms with E-state index >= 15 is 0 Å². The predicted octanol–water partition coefficient (Wildman–Crippen LogP) is 4.20. The lowest BCUT2D eigenvalue weighted by Gasteiger charge is -2.09. The Kier molecular flexibility index (Phi) is 6.09. The first-order valence-corrected chi connectivity index (χ1v) is 9.42. The van der Waals surface area contributed by atoms with Gasteiger partial charge < -0.3 is 10.6 Å². The summed E-state index contributed by atoms with van der Waals surface area (Å²) in [6.07, 6.45) is 1.55. The molecular weight excluding hydrogens is 370 g/mol. The van der Waals surface area contributed by atoms with Gasteiger partial charge in [-0.2, -0.15) is 0 Å². The van der Waals surface area contributed by atoms with Crippen molar-refractivity contribution in [1.29, 1.82) is 0 Å². The van der Waals surface area contributed by atoms with Crippen LogP contribution in [0.25, 0.3) is 10.8 Å². The van der Waals surface area contributed by atoms with Crippen LogP contribution in [0.15, 0.2) is 60.8 Å². The minimum absolute atomic E-state index is 0.147. The van der Waals surface area contributed by atoms with E-state index in [4.69, 9.17) is 11.6 Å². The van der Waals surface area contributed by atoms with Crippen molar-refractivity contribution in [3.05, 3.63) is 65.9 Å². The molecule has 0 saturated carbocycles. The van der Waals surface area contributed by atoms with E-state index in [0.717, 1.165) is 16.5 Å². The molecule has 0 radical (unpaired) electrons. The van der Waals surface area contributed by atoms with Gasteiger partial charge >= 0.3 is 0 Å². The van der Waals surface area contributed by atoms with Crippen molar-refractivity contribution in [1.82, 2.24) is 4.98 Å². The Bertz CT molecular complexity index is 943. The molecular formula is C19H16ClN3O2S. The summed E-state index contributed by atoms with van der Waals surface area (Å²) < 4.78 is 0. The summed E-state index contributed by atoms with van der Waals surface area (Å²) in [7, 11) is 0. The van der Waals surface area contributed by atoms with E-state index < -0.39 is 0 Å². The molecule has 0 aliphatic heterocycles. The van der Waals surface area contributed by atoms with Crippen molar-refractivity contribution in [2.45, 2.75) is 0 Å². The predicted molar refractivity (Wildman–Crippen MR) is 108 cm³/mol. The van der Waals surface area contributed by atoms with Gasteiger partial charge in [0.1, 0.15) is 0 Å². The highest BCUT2D eigenvalue weighted by Crippen LogP contribution is 2.23. The summed E-state index contributed by atoms with van der Waals surface area (Å²) in [5.74, 6) is -0.0626. The Morgan fingerprint density at radius 1 is 0.885 bits per heavy atom. The van der Waals surface area contributed by atoms with Crippen LogP contribution in [-0.2, 0) is 9.59 Å². The van der Waals surface area contributed by atoms with Crippen molar-refractivity contribution < 1.29 is 9.59 Å². The molecule has 2 amide bonds. The minimum atomic E-state index is -0.233. The average molecular weight is 386 g/mol. The van der Waals surface area contributed by atoms with E-state index in [-0.39, 0.29) is 28.5 Å². The number of benzene rings is 2. The first-order chi connectivity index (χ1) is 12.6. The molecule has 0 aliphatic rings. The number of carbonyl (C=O) groups excluding carboxylic acids is 2. The molecule has 0 spiro atoms. The zero-order valence-corrected chi connectivity index (χ0v) is 15.3. The number of aromatic nitrogens is 1. The molecule has 1 heterocycles. The van der Waals surface area contributed by atoms with Crippen LogP contribution in [0.3, 0.4) is 0 Å². The summed E-state index contributed by atoms with van der Waals surface area (Å²) in [6, 6.07) is 17.0. The highest BCUT2D eigenvalue weighted by Gasteiger charge is 2.09. The Morgan fingerprint density at radius 2 is 1.54 bits per heavy atom. The van der Waals surface area contributed by atoms with Crippen LogP contribution < -0.4 is 10.6 Å². The molecule has 0 bridgehead atoms. The molecule has 132 valence electrons. The van der Waals surface area contributed by atoms with E-state index in [1.165, 1.54) is 11.8 Å². The number of hydrogen-bond acceptors (Lipinski definition) is 4. The van der Waals surface area contributed by atoms with Gasteiger partial charge in [0.25, 0.3) is 0 Å². The van der Waals surface area contributed by atoms with Crippen LogP contribution in [0.5, 0.6) is 0 Å². The van der Waals surface area contributed by atoms with Gasteiger partial charge in [-0.3, -0.25) is 9.59 Å². The number of nitrogens with one attached hydrogen (secondary N) is 2. The molecule has 7 heteroatoms. The van der Waals surface area contributed by atoms with Gasteiger partial charge in [0.15, 0.2) is 5.15 Å². The van der Waals surface area contributed by atoms with Gasteiger partial charge in [-0.1, -0.05) is 48.0 Å². The topological polar surface area (TPSA) is 71.1 Å². The minimum Gasteiger partial charge on any atom is -0.325 e. The second-order valence-electron chi connectivity index (χ2n) is 5.46. The first kappa shape index (κ1) is 18.2. The molecule has 2 N–H and O–H groups in total. The zero-order valence-electron chi connectivity index (χ0n) is 13.7. The van der Waals surface area contributed by atoms with Crippen molar-refractivity contribution in [2.75, 3.05) is 22.1 Å². The monoisotopic (exact) mass is 385 g/mol. The molecule has 26 heavy (non-hydrogen) atoms. The lowest BCUT2D eigenvalue weighted by molar-refractivity contribution is -0.114. The molecule has 0 fully saturated rings. The Labute approximate surface area is 160 Å². The maximum Gasteiger partial charge on any atom is 0.234 e. The lowest BCUT2D eigenvalue weighted by Crippen LogP contribution is -2.18. The number of hydrogen-bond donors (Lipinski definition) is 2. The first-order valence-electron chi connectivity index (χ1n) is 7.89. The number of amides is 2. The highest BCUT2D eigenvalue weighted by atomic mass is 35.5. The third-order valence-electron chi connectivity index (χ3n) is 3.56. The molecule has 5 nitrogen and oxygen atoms in total. The van der Waals surface area contributed by atoms with Gasteiger partial charge in [-0.05, 0) is 23.6 Å². The van der Waals surface area contributed by atoms with Crippen LogP contribution in [0.1, 0.15) is 0 Å². The second-order valence-corrected chi connectivity index (χ2v) is 6.80.